The second-order valence-electron chi connectivity index (χ2n) is 4.74. The van der Waals surface area contributed by atoms with E-state index < -0.39 is 0 Å². The molecule has 0 unspecified atom stereocenters. The Morgan fingerprint density at radius 1 is 1.14 bits per heavy atom. The van der Waals surface area contributed by atoms with Gasteiger partial charge in [-0.3, -0.25) is 0 Å². The topological polar surface area (TPSA) is 12.5 Å². The van der Waals surface area contributed by atoms with Crippen molar-refractivity contribution in [2.45, 2.75) is 26.8 Å². The van der Waals surface area contributed by atoms with Crippen LogP contribution in [0.5, 0.6) is 5.75 Å². The molecule has 1 heterocycles. The normalized spacial score (nSPS) is 12.6. The van der Waals surface area contributed by atoms with Crippen LogP contribution in [-0.4, -0.2) is 6.73 Å². The molecule has 0 aliphatic carbocycles. The highest BCUT2D eigenvalue weighted by Gasteiger charge is 2.17. The maximum Gasteiger partial charge on any atom is 0.161 e. The van der Waals surface area contributed by atoms with Gasteiger partial charge >= 0.3 is 0 Å². The Balaban J connectivity index is 0.000000774. The van der Waals surface area contributed by atoms with Crippen molar-refractivity contribution < 1.29 is 4.74 Å². The summed E-state index contributed by atoms with van der Waals surface area (Å²) in [7, 11) is 0. The Morgan fingerprint density at radius 2 is 1.90 bits per heavy atom. The van der Waals surface area contributed by atoms with Crippen LogP contribution in [0.1, 0.15) is 25.0 Å². The molecular formula is C19H23NO. The predicted molar refractivity (Wildman–Crippen MR) is 89.8 cm³/mol. The molecule has 21 heavy (non-hydrogen) atoms. The highest BCUT2D eigenvalue weighted by atomic mass is 16.5. The van der Waals surface area contributed by atoms with Gasteiger partial charge in [0.15, 0.2) is 6.73 Å². The van der Waals surface area contributed by atoms with Crippen molar-refractivity contribution in [1.82, 2.24) is 0 Å². The molecule has 0 atom stereocenters. The van der Waals surface area contributed by atoms with Gasteiger partial charge in [-0.15, -0.1) is 6.58 Å². The Bertz CT molecular complexity index is 577. The van der Waals surface area contributed by atoms with Gasteiger partial charge in [0.2, 0.25) is 0 Å². The van der Waals surface area contributed by atoms with E-state index in [0.29, 0.717) is 6.73 Å². The van der Waals surface area contributed by atoms with E-state index in [1.807, 2.05) is 26.0 Å². The summed E-state index contributed by atoms with van der Waals surface area (Å²) in [5.41, 5.74) is 3.69. The molecule has 0 saturated carbocycles. The minimum atomic E-state index is 0.606. The lowest BCUT2D eigenvalue weighted by Gasteiger charge is -2.31. The first-order valence-corrected chi connectivity index (χ1v) is 7.52. The molecule has 0 radical (unpaired) electrons. The lowest BCUT2D eigenvalue weighted by molar-refractivity contribution is 0.289. The molecule has 1 aliphatic heterocycles. The monoisotopic (exact) mass is 281 g/mol. The van der Waals surface area contributed by atoms with E-state index in [1.165, 1.54) is 16.8 Å². The maximum atomic E-state index is 5.87. The smallest absolute Gasteiger partial charge is 0.161 e. The number of fused-ring (bicyclic) bond motifs is 1. The first-order valence-electron chi connectivity index (χ1n) is 7.52. The van der Waals surface area contributed by atoms with E-state index in [1.54, 1.807) is 0 Å². The van der Waals surface area contributed by atoms with E-state index >= 15 is 0 Å². The second kappa shape index (κ2) is 7.53. The van der Waals surface area contributed by atoms with Crippen LogP contribution < -0.4 is 9.64 Å². The van der Waals surface area contributed by atoms with Gasteiger partial charge in [-0.2, -0.15) is 0 Å². The second-order valence-corrected chi connectivity index (χ2v) is 4.74. The first kappa shape index (κ1) is 15.2. The Kier molecular flexibility index (Phi) is 5.44. The number of hydrogen-bond acceptors (Lipinski definition) is 2. The van der Waals surface area contributed by atoms with Crippen LogP contribution in [-0.2, 0) is 13.0 Å². The Labute approximate surface area is 127 Å². The van der Waals surface area contributed by atoms with Crippen molar-refractivity contribution >= 4 is 5.69 Å². The Hall–Kier alpha value is -2.22. The largest absolute Gasteiger partial charge is 0.473 e. The molecule has 2 aromatic carbocycles. The lowest BCUT2D eigenvalue weighted by atomic mass is 10.1. The molecule has 2 heteroatoms. The zero-order valence-corrected chi connectivity index (χ0v) is 12.9. The fraction of sp³-hybridized carbons (Fsp3) is 0.263. The molecule has 0 saturated heterocycles. The van der Waals surface area contributed by atoms with Gasteiger partial charge in [0.05, 0.1) is 0 Å². The van der Waals surface area contributed by atoms with Crippen molar-refractivity contribution in [3.05, 3.63) is 72.3 Å². The van der Waals surface area contributed by atoms with Gasteiger partial charge in [0.25, 0.3) is 0 Å². The molecule has 0 spiro atoms. The SMILES string of the molecule is C=CCc1ccc2c(c1)OCN(c1ccccc1)C2.CC. The summed E-state index contributed by atoms with van der Waals surface area (Å²) in [6.45, 7) is 9.27. The van der Waals surface area contributed by atoms with Crippen molar-refractivity contribution in [2.75, 3.05) is 11.6 Å². The zero-order chi connectivity index (χ0) is 15.1. The predicted octanol–water partition coefficient (Wildman–Crippen LogP) is 4.80. The molecule has 0 N–H and O–H groups in total. The van der Waals surface area contributed by atoms with Gasteiger partial charge < -0.3 is 9.64 Å². The number of hydrogen-bond donors (Lipinski definition) is 0. The van der Waals surface area contributed by atoms with Crippen molar-refractivity contribution in [1.29, 1.82) is 0 Å². The highest BCUT2D eigenvalue weighted by Crippen LogP contribution is 2.29. The van der Waals surface area contributed by atoms with Gasteiger partial charge in [0.1, 0.15) is 5.75 Å². The number of para-hydroxylation sites is 1. The van der Waals surface area contributed by atoms with E-state index in [0.717, 1.165) is 18.7 Å². The van der Waals surface area contributed by atoms with Crippen LogP contribution in [0, 0.1) is 0 Å². The number of rotatable bonds is 3. The number of allylic oxidation sites excluding steroid dienone is 1. The number of nitrogens with zero attached hydrogens (tertiary/aromatic N) is 1. The van der Waals surface area contributed by atoms with Crippen LogP contribution in [0.25, 0.3) is 0 Å². The molecule has 1 aliphatic rings. The molecule has 0 bridgehead atoms. The third-order valence-electron chi connectivity index (χ3n) is 3.37. The quantitative estimate of drug-likeness (QED) is 0.749. The summed E-state index contributed by atoms with van der Waals surface area (Å²) in [6, 6.07) is 16.8. The number of ether oxygens (including phenoxy) is 1. The van der Waals surface area contributed by atoms with Crippen LogP contribution in [0.2, 0.25) is 0 Å². The fourth-order valence-corrected chi connectivity index (χ4v) is 2.36. The standard InChI is InChI=1S/C17H17NO.C2H6/c1-2-6-14-9-10-15-12-18(13-19-17(15)11-14)16-7-4-3-5-8-16;1-2/h2-5,7-11H,1,6,12-13H2;1-2H3. The van der Waals surface area contributed by atoms with E-state index in [4.69, 9.17) is 4.74 Å². The van der Waals surface area contributed by atoms with E-state index in [9.17, 15) is 0 Å². The summed E-state index contributed by atoms with van der Waals surface area (Å²) in [5, 5.41) is 0. The molecule has 3 rings (SSSR count). The minimum absolute atomic E-state index is 0.606. The lowest BCUT2D eigenvalue weighted by Crippen LogP contribution is -2.31. The van der Waals surface area contributed by atoms with Crippen LogP contribution in [0.3, 0.4) is 0 Å². The number of benzene rings is 2. The average molecular weight is 281 g/mol. The summed E-state index contributed by atoms with van der Waals surface area (Å²) in [5.74, 6) is 1.01. The third-order valence-corrected chi connectivity index (χ3v) is 3.37. The van der Waals surface area contributed by atoms with Crippen LogP contribution >= 0.6 is 0 Å². The summed E-state index contributed by atoms with van der Waals surface area (Å²) in [4.78, 5) is 2.23. The molecule has 0 amide bonds. The molecule has 110 valence electrons. The van der Waals surface area contributed by atoms with E-state index in [2.05, 4.69) is 53.9 Å². The van der Waals surface area contributed by atoms with Crippen molar-refractivity contribution in [3.8, 4) is 5.75 Å². The van der Waals surface area contributed by atoms with E-state index in [-0.39, 0.29) is 0 Å². The van der Waals surface area contributed by atoms with Crippen molar-refractivity contribution in [3.63, 3.8) is 0 Å². The van der Waals surface area contributed by atoms with Crippen LogP contribution in [0.15, 0.2) is 61.2 Å². The molecule has 2 aromatic rings. The highest BCUT2D eigenvalue weighted by molar-refractivity contribution is 5.50. The van der Waals surface area contributed by atoms with Crippen molar-refractivity contribution in [2.24, 2.45) is 0 Å². The fourth-order valence-electron chi connectivity index (χ4n) is 2.36. The molecular weight excluding hydrogens is 258 g/mol. The molecule has 0 aromatic heterocycles. The maximum absolute atomic E-state index is 5.87. The first-order chi connectivity index (χ1) is 10.4. The van der Waals surface area contributed by atoms with Gasteiger partial charge in [-0.1, -0.05) is 50.3 Å². The minimum Gasteiger partial charge on any atom is -0.473 e. The van der Waals surface area contributed by atoms with Gasteiger partial charge in [0, 0.05) is 17.8 Å². The summed E-state index contributed by atoms with van der Waals surface area (Å²) < 4.78 is 5.87. The number of anilines is 1. The molecule has 2 nitrogen and oxygen atoms in total. The van der Waals surface area contributed by atoms with Gasteiger partial charge in [-0.05, 0) is 30.2 Å². The van der Waals surface area contributed by atoms with Crippen LogP contribution in [0.4, 0.5) is 5.69 Å². The molecule has 0 fully saturated rings. The summed E-state index contributed by atoms with van der Waals surface area (Å²) in [6.07, 6.45) is 2.81. The average Bonchev–Trinajstić information content (AvgIpc) is 2.57. The third kappa shape index (κ3) is 3.66. The Morgan fingerprint density at radius 3 is 2.62 bits per heavy atom. The zero-order valence-electron chi connectivity index (χ0n) is 12.9. The van der Waals surface area contributed by atoms with Gasteiger partial charge in [-0.25, -0.2) is 0 Å². The summed E-state index contributed by atoms with van der Waals surface area (Å²) >= 11 is 0.